The van der Waals surface area contributed by atoms with Crippen LogP contribution in [0.15, 0.2) is 18.3 Å². The summed E-state index contributed by atoms with van der Waals surface area (Å²) in [5, 5.41) is 3.24. The molecule has 1 aliphatic rings. The van der Waals surface area contributed by atoms with Gasteiger partial charge in [0.15, 0.2) is 0 Å². The van der Waals surface area contributed by atoms with Crippen LogP contribution < -0.4 is 10.2 Å². The van der Waals surface area contributed by atoms with Gasteiger partial charge in [-0.25, -0.2) is 4.98 Å². The largest absolute Gasteiger partial charge is 0.354 e. The SMILES string of the molecule is CNC(C)c1ccc(N2CCC(C)CC2C)nc1. The van der Waals surface area contributed by atoms with Crippen LogP contribution in [0.25, 0.3) is 0 Å². The van der Waals surface area contributed by atoms with Crippen molar-refractivity contribution in [2.24, 2.45) is 5.92 Å². The fourth-order valence-electron chi connectivity index (χ4n) is 2.74. The summed E-state index contributed by atoms with van der Waals surface area (Å²) < 4.78 is 0. The van der Waals surface area contributed by atoms with Crippen molar-refractivity contribution in [2.75, 3.05) is 18.5 Å². The van der Waals surface area contributed by atoms with Crippen LogP contribution in [0, 0.1) is 5.92 Å². The summed E-state index contributed by atoms with van der Waals surface area (Å²) in [5.74, 6) is 1.97. The molecule has 100 valence electrons. The Hall–Kier alpha value is -1.09. The van der Waals surface area contributed by atoms with Gasteiger partial charge in [-0.1, -0.05) is 13.0 Å². The van der Waals surface area contributed by atoms with Gasteiger partial charge in [0.1, 0.15) is 5.82 Å². The minimum absolute atomic E-state index is 0.366. The third-order valence-corrected chi connectivity index (χ3v) is 4.14. The zero-order valence-electron chi connectivity index (χ0n) is 12.0. The van der Waals surface area contributed by atoms with E-state index in [2.05, 4.69) is 48.1 Å². The van der Waals surface area contributed by atoms with Crippen molar-refractivity contribution in [3.05, 3.63) is 23.9 Å². The molecule has 1 saturated heterocycles. The van der Waals surface area contributed by atoms with Crippen LogP contribution in [-0.4, -0.2) is 24.6 Å². The van der Waals surface area contributed by atoms with Crippen molar-refractivity contribution in [1.29, 1.82) is 0 Å². The van der Waals surface area contributed by atoms with E-state index in [4.69, 9.17) is 0 Å². The van der Waals surface area contributed by atoms with Crippen molar-refractivity contribution in [3.8, 4) is 0 Å². The Labute approximate surface area is 111 Å². The first-order valence-electron chi connectivity index (χ1n) is 7.01. The van der Waals surface area contributed by atoms with E-state index < -0.39 is 0 Å². The maximum atomic E-state index is 4.63. The second-order valence-corrected chi connectivity index (χ2v) is 5.63. The molecular weight excluding hydrogens is 222 g/mol. The molecule has 18 heavy (non-hydrogen) atoms. The monoisotopic (exact) mass is 247 g/mol. The van der Waals surface area contributed by atoms with E-state index in [9.17, 15) is 0 Å². The number of aromatic nitrogens is 1. The number of hydrogen-bond acceptors (Lipinski definition) is 3. The predicted molar refractivity (Wildman–Crippen MR) is 76.9 cm³/mol. The van der Waals surface area contributed by atoms with Crippen molar-refractivity contribution >= 4 is 5.82 Å². The molecule has 2 rings (SSSR count). The first-order valence-corrected chi connectivity index (χ1v) is 7.01. The standard InChI is InChI=1S/C15H25N3/c1-11-7-8-18(12(2)9-11)15-6-5-14(10-17-15)13(3)16-4/h5-6,10-13,16H,7-9H2,1-4H3. The van der Waals surface area contributed by atoms with Crippen molar-refractivity contribution in [2.45, 2.75) is 45.7 Å². The normalized spacial score (nSPS) is 26.1. The highest BCUT2D eigenvalue weighted by Gasteiger charge is 2.23. The number of hydrogen-bond donors (Lipinski definition) is 1. The van der Waals surface area contributed by atoms with E-state index >= 15 is 0 Å². The molecule has 0 saturated carbocycles. The van der Waals surface area contributed by atoms with Gasteiger partial charge in [0.25, 0.3) is 0 Å². The summed E-state index contributed by atoms with van der Waals surface area (Å²) in [7, 11) is 1.98. The molecule has 1 aromatic rings. The Bertz CT molecular complexity index is 374. The lowest BCUT2D eigenvalue weighted by Crippen LogP contribution is -2.40. The summed E-state index contributed by atoms with van der Waals surface area (Å²) >= 11 is 0. The van der Waals surface area contributed by atoms with Crippen LogP contribution >= 0.6 is 0 Å². The summed E-state index contributed by atoms with van der Waals surface area (Å²) in [6.07, 6.45) is 4.55. The zero-order chi connectivity index (χ0) is 13.1. The van der Waals surface area contributed by atoms with Gasteiger partial charge in [-0.3, -0.25) is 0 Å². The topological polar surface area (TPSA) is 28.2 Å². The Morgan fingerprint density at radius 2 is 2.17 bits per heavy atom. The molecule has 0 spiro atoms. The summed E-state index contributed by atoms with van der Waals surface area (Å²) in [6.45, 7) is 7.94. The number of rotatable bonds is 3. The lowest BCUT2D eigenvalue weighted by molar-refractivity contribution is 0.376. The zero-order valence-corrected chi connectivity index (χ0v) is 12.0. The molecule has 0 aliphatic carbocycles. The van der Waals surface area contributed by atoms with E-state index in [1.54, 1.807) is 0 Å². The van der Waals surface area contributed by atoms with E-state index in [1.807, 2.05) is 13.2 Å². The van der Waals surface area contributed by atoms with Gasteiger partial charge in [0.05, 0.1) is 0 Å². The van der Waals surface area contributed by atoms with E-state index in [0.29, 0.717) is 12.1 Å². The maximum Gasteiger partial charge on any atom is 0.128 e. The lowest BCUT2D eigenvalue weighted by Gasteiger charge is -2.37. The third kappa shape index (κ3) is 2.83. The Morgan fingerprint density at radius 1 is 1.39 bits per heavy atom. The van der Waals surface area contributed by atoms with Gasteiger partial charge in [-0.2, -0.15) is 0 Å². The quantitative estimate of drug-likeness (QED) is 0.890. The molecule has 1 fully saturated rings. The number of anilines is 1. The first-order chi connectivity index (χ1) is 8.61. The fourth-order valence-corrected chi connectivity index (χ4v) is 2.74. The molecule has 0 radical (unpaired) electrons. The first kappa shape index (κ1) is 13.3. The minimum atomic E-state index is 0.366. The van der Waals surface area contributed by atoms with Crippen LogP contribution in [0.5, 0.6) is 0 Å². The molecule has 1 aromatic heterocycles. The molecule has 3 unspecified atom stereocenters. The summed E-state index contributed by atoms with van der Waals surface area (Å²) in [4.78, 5) is 7.07. The third-order valence-electron chi connectivity index (χ3n) is 4.14. The molecular formula is C15H25N3. The molecule has 1 aliphatic heterocycles. The van der Waals surface area contributed by atoms with Gasteiger partial charge < -0.3 is 10.2 Å². The Balaban J connectivity index is 2.09. The molecule has 3 atom stereocenters. The lowest BCUT2D eigenvalue weighted by atomic mass is 9.93. The average Bonchev–Trinajstić information content (AvgIpc) is 2.38. The Kier molecular flexibility index (Phi) is 4.23. The van der Waals surface area contributed by atoms with Crippen LogP contribution in [-0.2, 0) is 0 Å². The van der Waals surface area contributed by atoms with Crippen LogP contribution in [0.2, 0.25) is 0 Å². The average molecular weight is 247 g/mol. The second kappa shape index (κ2) is 5.70. The van der Waals surface area contributed by atoms with Gasteiger partial charge >= 0.3 is 0 Å². The van der Waals surface area contributed by atoms with Gasteiger partial charge in [0.2, 0.25) is 0 Å². The van der Waals surface area contributed by atoms with E-state index in [1.165, 1.54) is 18.4 Å². The highest BCUT2D eigenvalue weighted by Crippen LogP contribution is 2.26. The van der Waals surface area contributed by atoms with Crippen LogP contribution in [0.4, 0.5) is 5.82 Å². The molecule has 0 bridgehead atoms. The highest BCUT2D eigenvalue weighted by molar-refractivity contribution is 5.41. The van der Waals surface area contributed by atoms with Crippen LogP contribution in [0.3, 0.4) is 0 Å². The maximum absolute atomic E-state index is 4.63. The number of piperidine rings is 1. The number of pyridine rings is 1. The van der Waals surface area contributed by atoms with E-state index in [0.717, 1.165) is 18.3 Å². The molecule has 1 N–H and O–H groups in total. The van der Waals surface area contributed by atoms with Crippen LogP contribution in [0.1, 0.15) is 45.2 Å². The molecule has 0 amide bonds. The minimum Gasteiger partial charge on any atom is -0.354 e. The molecule has 3 nitrogen and oxygen atoms in total. The van der Waals surface area contributed by atoms with Crippen molar-refractivity contribution in [3.63, 3.8) is 0 Å². The van der Waals surface area contributed by atoms with Gasteiger partial charge in [0, 0.05) is 24.8 Å². The van der Waals surface area contributed by atoms with Crippen molar-refractivity contribution < 1.29 is 0 Å². The smallest absolute Gasteiger partial charge is 0.128 e. The Morgan fingerprint density at radius 3 is 2.72 bits per heavy atom. The summed E-state index contributed by atoms with van der Waals surface area (Å²) in [6, 6.07) is 5.32. The molecule has 3 heteroatoms. The predicted octanol–water partition coefficient (Wildman–Crippen LogP) is 2.99. The second-order valence-electron chi connectivity index (χ2n) is 5.63. The number of nitrogens with one attached hydrogen (secondary N) is 1. The molecule has 2 heterocycles. The molecule has 0 aromatic carbocycles. The van der Waals surface area contributed by atoms with Crippen molar-refractivity contribution in [1.82, 2.24) is 10.3 Å². The van der Waals surface area contributed by atoms with E-state index in [-0.39, 0.29) is 0 Å². The number of nitrogens with zero attached hydrogens (tertiary/aromatic N) is 2. The fraction of sp³-hybridized carbons (Fsp3) is 0.667. The summed E-state index contributed by atoms with van der Waals surface area (Å²) in [5.41, 5.74) is 1.25. The highest BCUT2D eigenvalue weighted by atomic mass is 15.2. The van der Waals surface area contributed by atoms with Gasteiger partial charge in [-0.15, -0.1) is 0 Å². The van der Waals surface area contributed by atoms with Gasteiger partial charge in [-0.05, 0) is 51.3 Å².